The van der Waals surface area contributed by atoms with Crippen molar-refractivity contribution in [2.75, 3.05) is 19.7 Å². The molecule has 0 bridgehead atoms. The summed E-state index contributed by atoms with van der Waals surface area (Å²) in [6.45, 7) is 33.4. The second kappa shape index (κ2) is 34.9. The number of hydrogen-bond donors (Lipinski definition) is 2. The van der Waals surface area contributed by atoms with Gasteiger partial charge in [-0.15, -0.1) is 0 Å². The Bertz CT molecular complexity index is 946. The van der Waals surface area contributed by atoms with Gasteiger partial charge < -0.3 is 15.4 Å². The molecule has 0 amide bonds. The van der Waals surface area contributed by atoms with Crippen LogP contribution in [0, 0.1) is 35.0 Å². The van der Waals surface area contributed by atoms with Crippen LogP contribution in [0.3, 0.4) is 0 Å². The Hall–Kier alpha value is -0.800. The average molecular weight is 799 g/mol. The molecule has 0 spiro atoms. The monoisotopic (exact) mass is 799 g/mol. The molecule has 1 aliphatic rings. The molecule has 0 aromatic rings. The number of rotatable bonds is 41. The molecule has 338 valence electrons. The van der Waals surface area contributed by atoms with Crippen molar-refractivity contribution >= 4 is 0 Å². The molecule has 0 aromatic heterocycles. The van der Waals surface area contributed by atoms with E-state index in [0.29, 0.717) is 23.3 Å². The highest BCUT2D eigenvalue weighted by molar-refractivity contribution is 5.08. The van der Waals surface area contributed by atoms with Crippen molar-refractivity contribution in [3.05, 3.63) is 24.5 Å². The summed E-state index contributed by atoms with van der Waals surface area (Å²) in [6.07, 6.45) is 40.7. The highest BCUT2D eigenvalue weighted by Crippen LogP contribution is 2.48. The molecular formula is C54H106N2O. The van der Waals surface area contributed by atoms with Crippen LogP contribution in [-0.4, -0.2) is 31.8 Å². The van der Waals surface area contributed by atoms with Gasteiger partial charge in [0, 0.05) is 25.0 Å². The Morgan fingerprint density at radius 2 is 1.12 bits per heavy atom. The fraction of sp³-hybridized carbons (Fsp3) is 0.926. The molecule has 1 saturated carbocycles. The zero-order chi connectivity index (χ0) is 42.2. The van der Waals surface area contributed by atoms with Gasteiger partial charge in [-0.3, -0.25) is 0 Å². The van der Waals surface area contributed by atoms with Crippen LogP contribution in [0.4, 0.5) is 0 Å². The van der Waals surface area contributed by atoms with E-state index in [0.717, 1.165) is 43.1 Å². The lowest BCUT2D eigenvalue weighted by Gasteiger charge is -2.33. The fourth-order valence-corrected chi connectivity index (χ4v) is 10.0. The van der Waals surface area contributed by atoms with Crippen LogP contribution in [-0.2, 0) is 4.74 Å². The molecule has 57 heavy (non-hydrogen) atoms. The minimum Gasteiger partial charge on any atom is -0.498 e. The molecule has 1 rings (SSSR count). The maximum atomic E-state index is 6.47. The SMILES string of the molecule is C=C(CC(NCC1(C)CC(C(C)CNC(CCC)CC(CCCCCC)CCCCCCCC)CC1C)C(=C)C)OCC(CCCCCC)CCCCCCCC. The maximum absolute atomic E-state index is 6.47. The van der Waals surface area contributed by atoms with Crippen molar-refractivity contribution in [3.63, 3.8) is 0 Å². The quantitative estimate of drug-likeness (QED) is 0.0367. The second-order valence-corrected chi connectivity index (χ2v) is 20.2. The zero-order valence-electron chi connectivity index (χ0n) is 40.7. The Balaban J connectivity index is 2.69. The molecule has 2 N–H and O–H groups in total. The molecule has 0 aliphatic heterocycles. The van der Waals surface area contributed by atoms with E-state index in [1.807, 2.05) is 0 Å². The molecule has 0 aromatic carbocycles. The van der Waals surface area contributed by atoms with Crippen LogP contribution >= 0.6 is 0 Å². The van der Waals surface area contributed by atoms with Crippen LogP contribution in [0.1, 0.15) is 255 Å². The predicted octanol–water partition coefficient (Wildman–Crippen LogP) is 17.0. The summed E-state index contributed by atoms with van der Waals surface area (Å²) in [6, 6.07) is 0.904. The van der Waals surface area contributed by atoms with Gasteiger partial charge in [-0.25, -0.2) is 0 Å². The summed E-state index contributed by atoms with van der Waals surface area (Å²) >= 11 is 0. The van der Waals surface area contributed by atoms with Crippen LogP contribution in [0.15, 0.2) is 24.5 Å². The standard InChI is InChI=1S/C54H106N2O/c1-12-17-21-25-27-31-35-49(34-29-23-19-14-3)40-52(33-16-5)55-42-46(8)51-38-47(9)54(11,41-51)44-56-53(45(6)7)39-48(10)57-43-50(36-30-24-20-15-4)37-32-28-26-22-18-13-2/h46-47,49-53,55-56H,6,10,12-44H2,1-5,7-9,11H3. The lowest BCUT2D eigenvalue weighted by atomic mass is 9.79. The number of hydrogen-bond acceptors (Lipinski definition) is 3. The number of ether oxygens (including phenoxy) is 1. The molecule has 1 aliphatic carbocycles. The van der Waals surface area contributed by atoms with Gasteiger partial charge in [0.15, 0.2) is 0 Å². The van der Waals surface area contributed by atoms with Gasteiger partial charge in [-0.1, -0.05) is 222 Å². The van der Waals surface area contributed by atoms with Gasteiger partial charge in [0.05, 0.1) is 12.4 Å². The number of nitrogens with one attached hydrogen (secondary N) is 2. The molecule has 3 nitrogen and oxygen atoms in total. The lowest BCUT2D eigenvalue weighted by Crippen LogP contribution is -2.41. The van der Waals surface area contributed by atoms with Crippen molar-refractivity contribution in [1.82, 2.24) is 10.6 Å². The van der Waals surface area contributed by atoms with E-state index >= 15 is 0 Å². The first kappa shape index (κ1) is 54.2. The van der Waals surface area contributed by atoms with Gasteiger partial charge in [-0.2, -0.15) is 0 Å². The zero-order valence-corrected chi connectivity index (χ0v) is 40.7. The first-order chi connectivity index (χ1) is 27.5. The van der Waals surface area contributed by atoms with Crippen molar-refractivity contribution in [2.45, 2.75) is 267 Å². The summed E-state index contributed by atoms with van der Waals surface area (Å²) in [5.41, 5.74) is 1.51. The van der Waals surface area contributed by atoms with Gasteiger partial charge >= 0.3 is 0 Å². The molecule has 0 heterocycles. The van der Waals surface area contributed by atoms with E-state index < -0.39 is 0 Å². The fourth-order valence-electron chi connectivity index (χ4n) is 10.0. The molecule has 0 radical (unpaired) electrons. The minimum absolute atomic E-state index is 0.224. The first-order valence-corrected chi connectivity index (χ1v) is 26.0. The highest BCUT2D eigenvalue weighted by atomic mass is 16.5. The van der Waals surface area contributed by atoms with Crippen molar-refractivity contribution in [3.8, 4) is 0 Å². The van der Waals surface area contributed by atoms with Gasteiger partial charge in [0.1, 0.15) is 0 Å². The highest BCUT2D eigenvalue weighted by Gasteiger charge is 2.43. The maximum Gasteiger partial charge on any atom is 0.0907 e. The number of unbranched alkanes of at least 4 members (excludes halogenated alkanes) is 16. The second-order valence-electron chi connectivity index (χ2n) is 20.2. The van der Waals surface area contributed by atoms with Gasteiger partial charge in [0.2, 0.25) is 0 Å². The molecule has 8 unspecified atom stereocenters. The third-order valence-corrected chi connectivity index (χ3v) is 14.5. The average Bonchev–Trinajstić information content (AvgIpc) is 3.49. The summed E-state index contributed by atoms with van der Waals surface area (Å²) in [5.74, 6) is 4.72. The lowest BCUT2D eigenvalue weighted by molar-refractivity contribution is 0.140. The molecule has 0 saturated heterocycles. The van der Waals surface area contributed by atoms with Crippen LogP contribution in [0.2, 0.25) is 0 Å². The van der Waals surface area contributed by atoms with Crippen LogP contribution < -0.4 is 10.6 Å². The Kier molecular flexibility index (Phi) is 33.2. The summed E-state index contributed by atoms with van der Waals surface area (Å²) in [4.78, 5) is 0. The first-order valence-electron chi connectivity index (χ1n) is 26.0. The van der Waals surface area contributed by atoms with Crippen molar-refractivity contribution in [2.24, 2.45) is 35.0 Å². The molecule has 1 fully saturated rings. The van der Waals surface area contributed by atoms with Crippen LogP contribution in [0.5, 0.6) is 0 Å². The predicted molar refractivity (Wildman–Crippen MR) is 257 cm³/mol. The smallest absolute Gasteiger partial charge is 0.0907 e. The van der Waals surface area contributed by atoms with Crippen molar-refractivity contribution in [1.29, 1.82) is 0 Å². The van der Waals surface area contributed by atoms with E-state index in [-0.39, 0.29) is 6.04 Å². The van der Waals surface area contributed by atoms with Gasteiger partial charge in [-0.05, 0) is 87.0 Å². The Labute approximate surface area is 360 Å². The topological polar surface area (TPSA) is 33.3 Å². The van der Waals surface area contributed by atoms with Crippen LogP contribution in [0.25, 0.3) is 0 Å². The molecule has 8 atom stereocenters. The van der Waals surface area contributed by atoms with E-state index in [4.69, 9.17) is 4.74 Å². The van der Waals surface area contributed by atoms with E-state index in [9.17, 15) is 0 Å². The Morgan fingerprint density at radius 3 is 1.61 bits per heavy atom. The summed E-state index contributed by atoms with van der Waals surface area (Å²) < 4.78 is 6.47. The Morgan fingerprint density at radius 1 is 0.649 bits per heavy atom. The molecular weight excluding hydrogens is 693 g/mol. The normalized spacial score (nSPS) is 21.0. The van der Waals surface area contributed by atoms with E-state index in [1.165, 1.54) is 198 Å². The summed E-state index contributed by atoms with van der Waals surface area (Å²) in [7, 11) is 0. The van der Waals surface area contributed by atoms with E-state index in [2.05, 4.69) is 86.1 Å². The van der Waals surface area contributed by atoms with Crippen molar-refractivity contribution < 1.29 is 4.74 Å². The molecule has 3 heteroatoms. The third kappa shape index (κ3) is 26.2. The minimum atomic E-state index is 0.224. The summed E-state index contributed by atoms with van der Waals surface area (Å²) in [5, 5.41) is 8.19. The van der Waals surface area contributed by atoms with E-state index in [1.54, 1.807) is 0 Å². The third-order valence-electron chi connectivity index (χ3n) is 14.5. The largest absolute Gasteiger partial charge is 0.498 e. The van der Waals surface area contributed by atoms with Gasteiger partial charge in [0.25, 0.3) is 0 Å².